The molecule has 1 heterocycles. The van der Waals surface area contributed by atoms with Crippen LogP contribution in [0, 0.1) is 6.92 Å². The zero-order valence-corrected chi connectivity index (χ0v) is 12.2. The SMILES string of the molecule is Cc1ccccc1CC(N)Cc1ccc(Br)s1. The van der Waals surface area contributed by atoms with E-state index in [1.165, 1.54) is 19.8 Å². The Labute approximate surface area is 115 Å². The molecule has 17 heavy (non-hydrogen) atoms. The second kappa shape index (κ2) is 5.80. The van der Waals surface area contributed by atoms with Crippen molar-refractivity contribution in [3.8, 4) is 0 Å². The van der Waals surface area contributed by atoms with Crippen LogP contribution < -0.4 is 5.73 Å². The van der Waals surface area contributed by atoms with Gasteiger partial charge in [-0.25, -0.2) is 0 Å². The summed E-state index contributed by atoms with van der Waals surface area (Å²) in [5.41, 5.74) is 8.89. The van der Waals surface area contributed by atoms with Gasteiger partial charge in [-0.3, -0.25) is 0 Å². The molecule has 1 aromatic carbocycles. The van der Waals surface area contributed by atoms with Crippen LogP contribution in [0.5, 0.6) is 0 Å². The van der Waals surface area contributed by atoms with Crippen molar-refractivity contribution in [1.29, 1.82) is 0 Å². The van der Waals surface area contributed by atoms with Crippen molar-refractivity contribution < 1.29 is 0 Å². The number of rotatable bonds is 4. The summed E-state index contributed by atoms with van der Waals surface area (Å²) in [5.74, 6) is 0. The smallest absolute Gasteiger partial charge is 0.0701 e. The van der Waals surface area contributed by atoms with Crippen LogP contribution in [0.15, 0.2) is 40.2 Å². The molecule has 0 bridgehead atoms. The van der Waals surface area contributed by atoms with Crippen LogP contribution in [0.2, 0.25) is 0 Å². The van der Waals surface area contributed by atoms with Crippen molar-refractivity contribution in [1.82, 2.24) is 0 Å². The summed E-state index contributed by atoms with van der Waals surface area (Å²) in [6, 6.07) is 12.9. The van der Waals surface area contributed by atoms with E-state index in [0.29, 0.717) is 0 Å². The van der Waals surface area contributed by atoms with Crippen LogP contribution in [-0.2, 0) is 12.8 Å². The van der Waals surface area contributed by atoms with E-state index in [-0.39, 0.29) is 6.04 Å². The van der Waals surface area contributed by atoms with Crippen molar-refractivity contribution in [2.75, 3.05) is 0 Å². The average molecular weight is 310 g/mol. The Morgan fingerprint density at radius 1 is 1.18 bits per heavy atom. The second-order valence-electron chi connectivity index (χ2n) is 4.30. The van der Waals surface area contributed by atoms with E-state index in [0.717, 1.165) is 12.8 Å². The lowest BCUT2D eigenvalue weighted by Crippen LogP contribution is -2.25. The lowest BCUT2D eigenvalue weighted by molar-refractivity contribution is 0.668. The van der Waals surface area contributed by atoms with Gasteiger partial charge in [0.15, 0.2) is 0 Å². The molecule has 0 aliphatic rings. The Morgan fingerprint density at radius 3 is 2.59 bits per heavy atom. The summed E-state index contributed by atoms with van der Waals surface area (Å²) < 4.78 is 1.18. The van der Waals surface area contributed by atoms with Gasteiger partial charge in [-0.1, -0.05) is 24.3 Å². The first kappa shape index (κ1) is 12.8. The van der Waals surface area contributed by atoms with Crippen molar-refractivity contribution in [3.63, 3.8) is 0 Å². The van der Waals surface area contributed by atoms with Gasteiger partial charge in [-0.05, 0) is 59.0 Å². The molecule has 0 amide bonds. The average Bonchev–Trinajstić information content (AvgIpc) is 2.67. The summed E-state index contributed by atoms with van der Waals surface area (Å²) in [4.78, 5) is 1.35. The van der Waals surface area contributed by atoms with Gasteiger partial charge in [0.25, 0.3) is 0 Å². The molecule has 0 aliphatic heterocycles. The predicted molar refractivity (Wildman–Crippen MR) is 78.6 cm³/mol. The van der Waals surface area contributed by atoms with Gasteiger partial charge in [0.05, 0.1) is 3.79 Å². The van der Waals surface area contributed by atoms with Crippen LogP contribution in [0.25, 0.3) is 0 Å². The minimum absolute atomic E-state index is 0.196. The molecule has 0 saturated heterocycles. The minimum atomic E-state index is 0.196. The van der Waals surface area contributed by atoms with Gasteiger partial charge >= 0.3 is 0 Å². The van der Waals surface area contributed by atoms with Crippen LogP contribution in [0.4, 0.5) is 0 Å². The number of thiophene rings is 1. The molecule has 1 atom stereocenters. The maximum Gasteiger partial charge on any atom is 0.0701 e. The van der Waals surface area contributed by atoms with Crippen molar-refractivity contribution in [3.05, 3.63) is 56.2 Å². The third-order valence-electron chi connectivity index (χ3n) is 2.84. The number of hydrogen-bond donors (Lipinski definition) is 1. The van der Waals surface area contributed by atoms with Gasteiger partial charge in [0, 0.05) is 10.9 Å². The van der Waals surface area contributed by atoms with E-state index in [1.54, 1.807) is 11.3 Å². The molecule has 0 saturated carbocycles. The fourth-order valence-electron chi connectivity index (χ4n) is 1.91. The third kappa shape index (κ3) is 3.66. The van der Waals surface area contributed by atoms with Crippen LogP contribution in [-0.4, -0.2) is 6.04 Å². The summed E-state index contributed by atoms with van der Waals surface area (Å²) in [7, 11) is 0. The standard InChI is InChI=1S/C14H16BrNS/c1-10-4-2-3-5-11(10)8-12(16)9-13-6-7-14(15)17-13/h2-7,12H,8-9,16H2,1H3. The fraction of sp³-hybridized carbons (Fsp3) is 0.286. The summed E-state index contributed by atoms with van der Waals surface area (Å²) >= 11 is 5.25. The predicted octanol–water partition coefficient (Wildman–Crippen LogP) is 3.93. The summed E-state index contributed by atoms with van der Waals surface area (Å²) in [6.45, 7) is 2.14. The van der Waals surface area contributed by atoms with E-state index in [2.05, 4.69) is 59.3 Å². The van der Waals surface area contributed by atoms with Crippen LogP contribution in [0.3, 0.4) is 0 Å². The van der Waals surface area contributed by atoms with Gasteiger partial charge in [0.1, 0.15) is 0 Å². The second-order valence-corrected chi connectivity index (χ2v) is 6.85. The van der Waals surface area contributed by atoms with E-state index < -0.39 is 0 Å². The van der Waals surface area contributed by atoms with Crippen molar-refractivity contribution in [2.24, 2.45) is 5.73 Å². The molecule has 90 valence electrons. The van der Waals surface area contributed by atoms with Gasteiger partial charge in [-0.15, -0.1) is 11.3 Å². The van der Waals surface area contributed by atoms with Crippen molar-refractivity contribution in [2.45, 2.75) is 25.8 Å². The first-order chi connectivity index (χ1) is 8.15. The highest BCUT2D eigenvalue weighted by Gasteiger charge is 2.08. The topological polar surface area (TPSA) is 26.0 Å². The van der Waals surface area contributed by atoms with Crippen LogP contribution >= 0.6 is 27.3 Å². The van der Waals surface area contributed by atoms with E-state index in [9.17, 15) is 0 Å². The zero-order valence-electron chi connectivity index (χ0n) is 9.82. The zero-order chi connectivity index (χ0) is 12.3. The Kier molecular flexibility index (Phi) is 4.37. The third-order valence-corrected chi connectivity index (χ3v) is 4.48. The van der Waals surface area contributed by atoms with Crippen molar-refractivity contribution >= 4 is 27.3 Å². The first-order valence-corrected chi connectivity index (χ1v) is 7.30. The number of halogens is 1. The maximum atomic E-state index is 6.21. The number of hydrogen-bond acceptors (Lipinski definition) is 2. The highest BCUT2D eigenvalue weighted by Crippen LogP contribution is 2.23. The molecule has 2 N–H and O–H groups in total. The lowest BCUT2D eigenvalue weighted by atomic mass is 9.99. The van der Waals surface area contributed by atoms with Crippen LogP contribution in [0.1, 0.15) is 16.0 Å². The Bertz CT molecular complexity index is 492. The fourth-order valence-corrected chi connectivity index (χ4v) is 3.49. The monoisotopic (exact) mass is 309 g/mol. The molecular formula is C14H16BrNS. The van der Waals surface area contributed by atoms with Gasteiger partial charge in [0.2, 0.25) is 0 Å². The lowest BCUT2D eigenvalue weighted by Gasteiger charge is -2.12. The molecule has 3 heteroatoms. The molecule has 2 rings (SSSR count). The molecule has 0 radical (unpaired) electrons. The van der Waals surface area contributed by atoms with E-state index >= 15 is 0 Å². The minimum Gasteiger partial charge on any atom is -0.327 e. The van der Waals surface area contributed by atoms with E-state index in [1.807, 2.05) is 0 Å². The highest BCUT2D eigenvalue weighted by molar-refractivity contribution is 9.11. The van der Waals surface area contributed by atoms with Gasteiger partial charge in [-0.2, -0.15) is 0 Å². The van der Waals surface area contributed by atoms with E-state index in [4.69, 9.17) is 5.73 Å². The largest absolute Gasteiger partial charge is 0.327 e. The number of aryl methyl sites for hydroxylation is 1. The Morgan fingerprint density at radius 2 is 1.94 bits per heavy atom. The van der Waals surface area contributed by atoms with Gasteiger partial charge < -0.3 is 5.73 Å². The highest BCUT2D eigenvalue weighted by atomic mass is 79.9. The number of benzene rings is 1. The summed E-state index contributed by atoms with van der Waals surface area (Å²) in [5, 5.41) is 0. The first-order valence-electron chi connectivity index (χ1n) is 5.69. The molecule has 0 aliphatic carbocycles. The Hall–Kier alpha value is -0.640. The Balaban J connectivity index is 1.98. The maximum absolute atomic E-state index is 6.21. The molecule has 1 aromatic heterocycles. The normalized spacial score (nSPS) is 12.6. The molecule has 0 fully saturated rings. The summed E-state index contributed by atoms with van der Waals surface area (Å²) in [6.07, 6.45) is 1.90. The molecule has 1 unspecified atom stereocenters. The molecule has 1 nitrogen and oxygen atoms in total. The molecule has 0 spiro atoms. The molecule has 2 aromatic rings. The number of nitrogens with two attached hydrogens (primary N) is 1. The molecular weight excluding hydrogens is 294 g/mol. The quantitative estimate of drug-likeness (QED) is 0.910.